The molecular formula is C26H35N7O3. The summed E-state index contributed by atoms with van der Waals surface area (Å²) in [5, 5.41) is 9.15. The summed E-state index contributed by atoms with van der Waals surface area (Å²) in [5.74, 6) is 1.78. The first kappa shape index (κ1) is 24.4. The molecule has 3 aromatic rings. The molecule has 2 aliphatic heterocycles. The second-order valence-corrected chi connectivity index (χ2v) is 10.8. The molecule has 1 N–H and O–H groups in total. The highest BCUT2D eigenvalue weighted by atomic mass is 16.2. The van der Waals surface area contributed by atoms with E-state index in [1.165, 1.54) is 4.57 Å². The lowest BCUT2D eigenvalue weighted by Crippen LogP contribution is -2.36. The van der Waals surface area contributed by atoms with Crippen LogP contribution < -0.4 is 11.2 Å². The summed E-state index contributed by atoms with van der Waals surface area (Å²) < 4.78 is 3.69. The van der Waals surface area contributed by atoms with Crippen LogP contribution in [0.4, 0.5) is 0 Å². The Morgan fingerprint density at radius 3 is 2.64 bits per heavy atom. The van der Waals surface area contributed by atoms with E-state index in [9.17, 15) is 14.4 Å². The molecule has 0 aromatic carbocycles. The third-order valence-corrected chi connectivity index (χ3v) is 7.29. The number of nitrogens with zero attached hydrogens (tertiary/aromatic N) is 6. The van der Waals surface area contributed by atoms with Crippen molar-refractivity contribution in [3.05, 3.63) is 49.8 Å². The maximum Gasteiger partial charge on any atom is 0.330 e. The molecule has 2 aliphatic rings. The molecule has 36 heavy (non-hydrogen) atoms. The van der Waals surface area contributed by atoms with Crippen molar-refractivity contribution in [3.63, 3.8) is 0 Å². The van der Waals surface area contributed by atoms with E-state index in [0.29, 0.717) is 24.3 Å². The Hall–Kier alpha value is -3.30. The molecule has 1 unspecified atom stereocenters. The Bertz CT molecular complexity index is 1420. The van der Waals surface area contributed by atoms with Crippen molar-refractivity contribution in [2.24, 2.45) is 5.92 Å². The van der Waals surface area contributed by atoms with Gasteiger partial charge < -0.3 is 9.47 Å². The molecule has 10 nitrogen and oxygen atoms in total. The molecule has 5 rings (SSSR count). The quantitative estimate of drug-likeness (QED) is 0.583. The molecule has 0 aliphatic carbocycles. The van der Waals surface area contributed by atoms with E-state index in [1.807, 2.05) is 32.6 Å². The van der Waals surface area contributed by atoms with E-state index in [0.717, 1.165) is 56.7 Å². The van der Waals surface area contributed by atoms with E-state index < -0.39 is 11.2 Å². The van der Waals surface area contributed by atoms with Crippen LogP contribution in [0.3, 0.4) is 0 Å². The maximum atomic E-state index is 14.1. The average molecular weight is 494 g/mol. The van der Waals surface area contributed by atoms with E-state index in [-0.39, 0.29) is 34.8 Å². The number of nitrogens with one attached hydrogen (secondary N) is 1. The summed E-state index contributed by atoms with van der Waals surface area (Å²) in [6, 6.07) is 1.54. The third-order valence-electron chi connectivity index (χ3n) is 7.29. The molecule has 0 spiro atoms. The van der Waals surface area contributed by atoms with Crippen molar-refractivity contribution >= 4 is 16.9 Å². The van der Waals surface area contributed by atoms with Gasteiger partial charge in [0.15, 0.2) is 11.5 Å². The number of likely N-dealkylation sites (tertiary alicyclic amines) is 1. The summed E-state index contributed by atoms with van der Waals surface area (Å²) in [6.45, 7) is 9.82. The second-order valence-electron chi connectivity index (χ2n) is 10.8. The molecule has 3 aromatic heterocycles. The molecule has 10 heteroatoms. The number of fused-ring (bicyclic) bond motifs is 2. The minimum Gasteiger partial charge on any atom is -0.328 e. The zero-order chi connectivity index (χ0) is 25.6. The van der Waals surface area contributed by atoms with Crippen molar-refractivity contribution in [3.8, 4) is 0 Å². The highest BCUT2D eigenvalue weighted by Crippen LogP contribution is 2.34. The maximum absolute atomic E-state index is 14.1. The predicted molar refractivity (Wildman–Crippen MR) is 136 cm³/mol. The number of aromatic amines is 1. The zero-order valence-corrected chi connectivity index (χ0v) is 21.6. The minimum absolute atomic E-state index is 0.0180. The SMILES string of the molecule is CC(C)Cn1c(=O)[nH]c(=O)c2c(C(=O)N3CCCC3c3nnc4n3CCCCC4)cc(C(C)C)nc21. The van der Waals surface area contributed by atoms with Crippen molar-refractivity contribution in [2.45, 2.75) is 91.3 Å². The molecule has 1 fully saturated rings. The first-order valence-electron chi connectivity index (χ1n) is 13.2. The number of hydrogen-bond acceptors (Lipinski definition) is 6. The van der Waals surface area contributed by atoms with Crippen molar-refractivity contribution in [1.82, 2.24) is 34.2 Å². The smallest absolute Gasteiger partial charge is 0.328 e. The fourth-order valence-electron chi connectivity index (χ4n) is 5.48. The summed E-state index contributed by atoms with van der Waals surface area (Å²) >= 11 is 0. The molecule has 5 heterocycles. The lowest BCUT2D eigenvalue weighted by molar-refractivity contribution is 0.0728. The number of amides is 1. The lowest BCUT2D eigenvalue weighted by atomic mass is 10.0. The molecule has 1 atom stereocenters. The fraction of sp³-hybridized carbons (Fsp3) is 0.615. The number of aryl methyl sites for hydroxylation is 1. The van der Waals surface area contributed by atoms with E-state index in [4.69, 9.17) is 4.98 Å². The molecule has 0 saturated carbocycles. The predicted octanol–water partition coefficient (Wildman–Crippen LogP) is 3.16. The largest absolute Gasteiger partial charge is 0.330 e. The third kappa shape index (κ3) is 4.26. The Morgan fingerprint density at radius 1 is 1.08 bits per heavy atom. The number of pyridine rings is 1. The number of aromatic nitrogens is 6. The summed E-state index contributed by atoms with van der Waals surface area (Å²) in [7, 11) is 0. The fourth-order valence-corrected chi connectivity index (χ4v) is 5.48. The molecule has 0 bridgehead atoms. The van der Waals surface area contributed by atoms with Crippen molar-refractivity contribution < 1.29 is 4.79 Å². The van der Waals surface area contributed by atoms with Gasteiger partial charge in [0.25, 0.3) is 11.5 Å². The number of hydrogen-bond donors (Lipinski definition) is 1. The number of rotatable bonds is 5. The van der Waals surface area contributed by atoms with E-state index in [1.54, 1.807) is 6.07 Å². The Balaban J connectivity index is 1.64. The first-order chi connectivity index (χ1) is 17.3. The standard InChI is InChI=1S/C26H35N7O3/c1-15(2)14-33-23-21(24(34)28-26(33)36)17(13-18(27-23)16(3)4)25(35)31-12-8-9-19(31)22-30-29-20-10-6-5-7-11-32(20)22/h13,15-16,19H,5-12,14H2,1-4H3,(H,28,34,36). The van der Waals surface area contributed by atoms with Gasteiger partial charge in [-0.15, -0.1) is 10.2 Å². The van der Waals surface area contributed by atoms with Crippen LogP contribution in [0.5, 0.6) is 0 Å². The van der Waals surface area contributed by atoms with Crippen LogP contribution >= 0.6 is 0 Å². The van der Waals surface area contributed by atoms with Crippen LogP contribution in [0.15, 0.2) is 15.7 Å². The van der Waals surface area contributed by atoms with Crippen LogP contribution in [0.1, 0.15) is 99.5 Å². The molecular weight excluding hydrogens is 458 g/mol. The van der Waals surface area contributed by atoms with E-state index in [2.05, 4.69) is 19.7 Å². The summed E-state index contributed by atoms with van der Waals surface area (Å²) in [4.78, 5) is 48.9. The van der Waals surface area contributed by atoms with Gasteiger partial charge in [0, 0.05) is 31.7 Å². The van der Waals surface area contributed by atoms with Gasteiger partial charge >= 0.3 is 5.69 Å². The monoisotopic (exact) mass is 493 g/mol. The van der Waals surface area contributed by atoms with Gasteiger partial charge in [0.05, 0.1) is 17.0 Å². The molecule has 1 saturated heterocycles. The van der Waals surface area contributed by atoms with Crippen molar-refractivity contribution in [2.75, 3.05) is 6.54 Å². The van der Waals surface area contributed by atoms with Crippen LogP contribution in [-0.4, -0.2) is 46.7 Å². The van der Waals surface area contributed by atoms with Gasteiger partial charge in [-0.25, -0.2) is 9.78 Å². The molecule has 192 valence electrons. The highest BCUT2D eigenvalue weighted by molar-refractivity contribution is 6.05. The number of carbonyl (C=O) groups is 1. The van der Waals surface area contributed by atoms with Gasteiger partial charge in [0.2, 0.25) is 0 Å². The van der Waals surface area contributed by atoms with Crippen molar-refractivity contribution in [1.29, 1.82) is 0 Å². The van der Waals surface area contributed by atoms with Gasteiger partial charge in [-0.3, -0.25) is 19.1 Å². The number of carbonyl (C=O) groups excluding carboxylic acids is 1. The van der Waals surface area contributed by atoms with E-state index >= 15 is 0 Å². The summed E-state index contributed by atoms with van der Waals surface area (Å²) in [6.07, 6.45) is 5.91. The topological polar surface area (TPSA) is 119 Å². The minimum atomic E-state index is -0.576. The average Bonchev–Trinajstić information content (AvgIpc) is 3.40. The Labute approximate surface area is 209 Å². The molecule has 1 amide bonds. The first-order valence-corrected chi connectivity index (χ1v) is 13.2. The van der Waals surface area contributed by atoms with Crippen LogP contribution in [0.25, 0.3) is 11.0 Å². The van der Waals surface area contributed by atoms with Crippen LogP contribution in [-0.2, 0) is 19.5 Å². The Kier molecular flexibility index (Phi) is 6.53. The van der Waals surface area contributed by atoms with Crippen LogP contribution in [0.2, 0.25) is 0 Å². The zero-order valence-electron chi connectivity index (χ0n) is 21.6. The van der Waals surface area contributed by atoms with Crippen LogP contribution in [0, 0.1) is 5.92 Å². The van der Waals surface area contributed by atoms with Gasteiger partial charge in [0.1, 0.15) is 5.82 Å². The molecule has 0 radical (unpaired) electrons. The number of H-pyrrole nitrogens is 1. The normalized spacial score (nSPS) is 18.3. The van der Waals surface area contributed by atoms with Gasteiger partial charge in [-0.2, -0.15) is 0 Å². The Morgan fingerprint density at radius 2 is 1.89 bits per heavy atom. The second kappa shape index (κ2) is 9.63. The summed E-state index contributed by atoms with van der Waals surface area (Å²) in [5.41, 5.74) is 0.177. The highest BCUT2D eigenvalue weighted by Gasteiger charge is 2.36. The lowest BCUT2D eigenvalue weighted by Gasteiger charge is -2.26. The van der Waals surface area contributed by atoms with Gasteiger partial charge in [-0.05, 0) is 43.6 Å². The van der Waals surface area contributed by atoms with Gasteiger partial charge in [-0.1, -0.05) is 34.1 Å².